The van der Waals surface area contributed by atoms with Crippen LogP contribution in [0.15, 0.2) is 53.4 Å². The van der Waals surface area contributed by atoms with Gasteiger partial charge in [0.05, 0.1) is 11.4 Å². The van der Waals surface area contributed by atoms with Gasteiger partial charge in [-0.05, 0) is 24.1 Å². The van der Waals surface area contributed by atoms with Crippen molar-refractivity contribution >= 4 is 15.6 Å². The number of rotatable bonds is 2. The average molecular weight is 301 g/mol. The highest BCUT2D eigenvalue weighted by molar-refractivity contribution is 7.91. The monoisotopic (exact) mass is 301 g/mol. The van der Waals surface area contributed by atoms with Crippen LogP contribution in [0.3, 0.4) is 0 Å². The lowest BCUT2D eigenvalue weighted by Crippen LogP contribution is -2.38. The van der Waals surface area contributed by atoms with Crippen molar-refractivity contribution in [1.29, 1.82) is 0 Å². The lowest BCUT2D eigenvalue weighted by atomic mass is 10.0. The molecule has 0 fully saturated rings. The van der Waals surface area contributed by atoms with Gasteiger partial charge in [-0.2, -0.15) is 0 Å². The third-order valence-corrected chi connectivity index (χ3v) is 5.81. The van der Waals surface area contributed by atoms with E-state index in [0.717, 1.165) is 0 Å². The first kappa shape index (κ1) is 14.0. The van der Waals surface area contributed by atoms with E-state index in [-0.39, 0.29) is 12.3 Å². The van der Waals surface area contributed by atoms with E-state index in [1.807, 2.05) is 0 Å². The number of hydrogen-bond acceptors (Lipinski definition) is 4. The lowest BCUT2D eigenvalue weighted by Gasteiger charge is -2.26. The standard InChI is InChI=1S/C16H15NO3S/c1-11-6-2-5-9-15(11)21(19,20)16-13-8-4-3-7-12(13)14(18)10-17-16/h2-9,16-17H,10H2,1H3. The number of hydrogen-bond donors (Lipinski definition) is 1. The van der Waals surface area contributed by atoms with Gasteiger partial charge in [0.25, 0.3) is 0 Å². The van der Waals surface area contributed by atoms with Crippen LogP contribution in [0.4, 0.5) is 0 Å². The Bertz CT molecular complexity index is 812. The molecule has 1 N–H and O–H groups in total. The summed E-state index contributed by atoms with van der Waals surface area (Å²) in [5.41, 5.74) is 1.71. The molecule has 3 rings (SSSR count). The van der Waals surface area contributed by atoms with Crippen molar-refractivity contribution in [3.8, 4) is 0 Å². The molecule has 21 heavy (non-hydrogen) atoms. The molecule has 0 bridgehead atoms. The summed E-state index contributed by atoms with van der Waals surface area (Å²) in [5.74, 6) is -0.0816. The molecule has 1 atom stereocenters. The van der Waals surface area contributed by atoms with Crippen LogP contribution in [0, 0.1) is 6.92 Å². The molecule has 0 saturated carbocycles. The minimum Gasteiger partial charge on any atom is -0.293 e. The van der Waals surface area contributed by atoms with E-state index in [2.05, 4.69) is 5.32 Å². The fourth-order valence-corrected chi connectivity index (χ4v) is 4.53. The lowest BCUT2D eigenvalue weighted by molar-refractivity contribution is 0.0981. The molecule has 1 aliphatic heterocycles. The summed E-state index contributed by atoms with van der Waals surface area (Å²) in [6.45, 7) is 1.81. The smallest absolute Gasteiger partial charge is 0.198 e. The van der Waals surface area contributed by atoms with Gasteiger partial charge in [0.15, 0.2) is 15.6 Å². The van der Waals surface area contributed by atoms with Crippen LogP contribution in [-0.2, 0) is 9.84 Å². The van der Waals surface area contributed by atoms with Crippen molar-refractivity contribution in [3.63, 3.8) is 0 Å². The molecule has 1 aliphatic rings. The van der Waals surface area contributed by atoms with Gasteiger partial charge in [0.1, 0.15) is 5.37 Å². The number of sulfone groups is 1. The number of carbonyl (C=O) groups excluding carboxylic acids is 1. The molecule has 0 aromatic heterocycles. The maximum atomic E-state index is 12.9. The normalized spacial score (nSPS) is 18.3. The Hall–Kier alpha value is -1.98. The maximum absolute atomic E-state index is 12.9. The summed E-state index contributed by atoms with van der Waals surface area (Å²) in [7, 11) is -3.59. The first-order valence-corrected chi connectivity index (χ1v) is 8.21. The number of ketones is 1. The van der Waals surface area contributed by atoms with E-state index in [9.17, 15) is 13.2 Å². The fraction of sp³-hybridized carbons (Fsp3) is 0.188. The number of aryl methyl sites for hydroxylation is 1. The Kier molecular flexibility index (Phi) is 3.39. The van der Waals surface area contributed by atoms with Crippen molar-refractivity contribution in [2.75, 3.05) is 6.54 Å². The average Bonchev–Trinajstić information content (AvgIpc) is 2.48. The van der Waals surface area contributed by atoms with Crippen molar-refractivity contribution in [2.24, 2.45) is 0 Å². The second kappa shape index (κ2) is 5.09. The van der Waals surface area contributed by atoms with E-state index in [1.165, 1.54) is 0 Å². The highest BCUT2D eigenvalue weighted by Crippen LogP contribution is 2.32. The molecule has 4 nitrogen and oxygen atoms in total. The van der Waals surface area contributed by atoms with E-state index in [4.69, 9.17) is 0 Å². The molecule has 0 saturated heterocycles. The maximum Gasteiger partial charge on any atom is 0.198 e. The first-order valence-electron chi connectivity index (χ1n) is 6.67. The minimum atomic E-state index is -3.59. The van der Waals surface area contributed by atoms with Crippen LogP contribution in [-0.4, -0.2) is 20.7 Å². The van der Waals surface area contributed by atoms with E-state index < -0.39 is 15.2 Å². The number of Topliss-reactive ketones (excluding diaryl/α,β-unsaturated/α-hetero) is 1. The predicted octanol–water partition coefficient (Wildman–Crippen LogP) is 2.25. The van der Waals surface area contributed by atoms with E-state index in [0.29, 0.717) is 21.6 Å². The molecule has 108 valence electrons. The van der Waals surface area contributed by atoms with Gasteiger partial charge in [-0.15, -0.1) is 0 Å². The summed E-state index contributed by atoms with van der Waals surface area (Å²) >= 11 is 0. The van der Waals surface area contributed by atoms with Gasteiger partial charge >= 0.3 is 0 Å². The molecule has 2 aromatic rings. The van der Waals surface area contributed by atoms with Crippen molar-refractivity contribution in [3.05, 3.63) is 65.2 Å². The molecule has 0 spiro atoms. The minimum absolute atomic E-state index is 0.0345. The van der Waals surface area contributed by atoms with Gasteiger partial charge in [-0.1, -0.05) is 42.5 Å². The number of carbonyl (C=O) groups is 1. The zero-order valence-electron chi connectivity index (χ0n) is 11.5. The van der Waals surface area contributed by atoms with Crippen LogP contribution in [0.1, 0.15) is 26.9 Å². The second-order valence-electron chi connectivity index (χ2n) is 5.08. The highest BCUT2D eigenvalue weighted by atomic mass is 32.2. The zero-order valence-corrected chi connectivity index (χ0v) is 12.4. The summed E-state index contributed by atoms with van der Waals surface area (Å²) < 4.78 is 25.8. The SMILES string of the molecule is Cc1ccccc1S(=O)(=O)C1NCC(=O)c2ccccc21. The molecule has 1 unspecified atom stereocenters. The van der Waals surface area contributed by atoms with Crippen molar-refractivity contribution in [1.82, 2.24) is 5.32 Å². The first-order chi connectivity index (χ1) is 10.0. The van der Waals surface area contributed by atoms with Gasteiger partial charge in [-0.25, -0.2) is 8.42 Å². The topological polar surface area (TPSA) is 63.2 Å². The Morgan fingerprint density at radius 2 is 1.71 bits per heavy atom. The largest absolute Gasteiger partial charge is 0.293 e. The second-order valence-corrected chi connectivity index (χ2v) is 7.08. The van der Waals surface area contributed by atoms with Gasteiger partial charge in [0, 0.05) is 5.56 Å². The summed E-state index contributed by atoms with van der Waals surface area (Å²) in [4.78, 5) is 12.2. The van der Waals surface area contributed by atoms with Gasteiger partial charge < -0.3 is 0 Å². The van der Waals surface area contributed by atoms with Gasteiger partial charge in [0.2, 0.25) is 0 Å². The number of nitrogens with one attached hydrogen (secondary N) is 1. The summed E-state index contributed by atoms with van der Waals surface area (Å²) in [6, 6.07) is 13.8. The number of fused-ring (bicyclic) bond motifs is 1. The van der Waals surface area contributed by atoms with Crippen LogP contribution in [0.25, 0.3) is 0 Å². The van der Waals surface area contributed by atoms with E-state index >= 15 is 0 Å². The molecule has 0 amide bonds. The zero-order chi connectivity index (χ0) is 15.0. The van der Waals surface area contributed by atoms with Crippen LogP contribution in [0.5, 0.6) is 0 Å². The molecule has 1 heterocycles. The quantitative estimate of drug-likeness (QED) is 0.924. The van der Waals surface area contributed by atoms with Crippen molar-refractivity contribution < 1.29 is 13.2 Å². The number of benzene rings is 2. The van der Waals surface area contributed by atoms with Gasteiger partial charge in [-0.3, -0.25) is 10.1 Å². The van der Waals surface area contributed by atoms with Crippen LogP contribution < -0.4 is 5.32 Å². The third-order valence-electron chi connectivity index (χ3n) is 3.70. The predicted molar refractivity (Wildman–Crippen MR) is 79.9 cm³/mol. The molecule has 2 aromatic carbocycles. The molecular formula is C16H15NO3S. The molecule has 5 heteroatoms. The van der Waals surface area contributed by atoms with Crippen molar-refractivity contribution in [2.45, 2.75) is 17.2 Å². The van der Waals surface area contributed by atoms with Crippen LogP contribution in [0.2, 0.25) is 0 Å². The van der Waals surface area contributed by atoms with E-state index in [1.54, 1.807) is 55.5 Å². The summed E-state index contributed by atoms with van der Waals surface area (Å²) in [5, 5.41) is 1.97. The molecular weight excluding hydrogens is 286 g/mol. The summed E-state index contributed by atoms with van der Waals surface area (Å²) in [6.07, 6.45) is 0. The highest BCUT2D eigenvalue weighted by Gasteiger charge is 2.35. The Morgan fingerprint density at radius 1 is 1.05 bits per heavy atom. The molecule has 0 radical (unpaired) electrons. The van der Waals surface area contributed by atoms with Crippen LogP contribution >= 0.6 is 0 Å². The Labute approximate surface area is 123 Å². The fourth-order valence-electron chi connectivity index (χ4n) is 2.65. The Balaban J connectivity index is 2.16. The third kappa shape index (κ3) is 2.28. The Morgan fingerprint density at radius 3 is 2.48 bits per heavy atom. The molecule has 0 aliphatic carbocycles.